The quantitative estimate of drug-likeness (QED) is 0.847. The van der Waals surface area contributed by atoms with E-state index in [2.05, 4.69) is 22.2 Å². The maximum Gasteiger partial charge on any atom is 0.230 e. The fourth-order valence-electron chi connectivity index (χ4n) is 1.31. The summed E-state index contributed by atoms with van der Waals surface area (Å²) >= 11 is 4.89. The first-order valence-corrected chi connectivity index (χ1v) is 7.59. The molecule has 0 aliphatic rings. The molecule has 0 spiro atoms. The van der Waals surface area contributed by atoms with E-state index in [1.807, 2.05) is 13.8 Å². The standard InChI is InChI=1S/C11H13NOS3/c1-7(2)5-10(13)12-16-11-6-9-8(15-11)3-4-14-9/h3-4,6-7H,5H2,1-2H3,(H,12,13). The SMILES string of the molecule is CC(C)CC(=O)NSc1cc2sccc2s1. The van der Waals surface area contributed by atoms with Gasteiger partial charge in [0, 0.05) is 15.8 Å². The van der Waals surface area contributed by atoms with Gasteiger partial charge >= 0.3 is 0 Å². The Balaban J connectivity index is 1.90. The highest BCUT2D eigenvalue weighted by Crippen LogP contribution is 2.34. The molecule has 0 radical (unpaired) electrons. The van der Waals surface area contributed by atoms with Crippen molar-refractivity contribution in [3.63, 3.8) is 0 Å². The van der Waals surface area contributed by atoms with E-state index < -0.39 is 0 Å². The Bertz CT molecular complexity index is 458. The van der Waals surface area contributed by atoms with E-state index >= 15 is 0 Å². The molecule has 0 unspecified atom stereocenters. The maximum atomic E-state index is 11.5. The third kappa shape index (κ3) is 2.99. The molecule has 16 heavy (non-hydrogen) atoms. The highest BCUT2D eigenvalue weighted by atomic mass is 32.2. The van der Waals surface area contributed by atoms with Gasteiger partial charge in [0.15, 0.2) is 0 Å². The predicted octanol–water partition coefficient (Wildman–Crippen LogP) is 4.13. The van der Waals surface area contributed by atoms with Crippen molar-refractivity contribution in [3.8, 4) is 0 Å². The fraction of sp³-hybridized carbons (Fsp3) is 0.364. The average Bonchev–Trinajstić information content (AvgIpc) is 2.72. The molecule has 0 fully saturated rings. The number of rotatable bonds is 4. The Morgan fingerprint density at radius 2 is 2.31 bits per heavy atom. The first-order chi connectivity index (χ1) is 7.65. The number of hydrogen-bond acceptors (Lipinski definition) is 4. The fourth-order valence-corrected chi connectivity index (χ4v) is 4.26. The van der Waals surface area contributed by atoms with Gasteiger partial charge in [-0.3, -0.25) is 9.52 Å². The minimum Gasteiger partial charge on any atom is -0.295 e. The van der Waals surface area contributed by atoms with Gasteiger partial charge in [-0.05, 0) is 35.4 Å². The number of carbonyl (C=O) groups is 1. The molecule has 0 saturated carbocycles. The molecule has 86 valence electrons. The van der Waals surface area contributed by atoms with Crippen LogP contribution in [-0.4, -0.2) is 5.91 Å². The van der Waals surface area contributed by atoms with Crippen LogP contribution in [0.2, 0.25) is 0 Å². The largest absolute Gasteiger partial charge is 0.295 e. The Hall–Kier alpha value is -0.520. The Labute approximate surface area is 107 Å². The molecule has 2 aromatic heterocycles. The van der Waals surface area contributed by atoms with Crippen LogP contribution in [0, 0.1) is 5.92 Å². The number of thiophene rings is 2. The van der Waals surface area contributed by atoms with E-state index in [1.54, 1.807) is 22.7 Å². The molecule has 0 saturated heterocycles. The smallest absolute Gasteiger partial charge is 0.230 e. The molecular weight excluding hydrogens is 258 g/mol. The van der Waals surface area contributed by atoms with Crippen molar-refractivity contribution in [2.24, 2.45) is 5.92 Å². The highest BCUT2D eigenvalue weighted by Gasteiger charge is 2.07. The lowest BCUT2D eigenvalue weighted by Gasteiger charge is -2.04. The van der Waals surface area contributed by atoms with Crippen LogP contribution in [0.1, 0.15) is 20.3 Å². The molecule has 0 atom stereocenters. The van der Waals surface area contributed by atoms with E-state index in [-0.39, 0.29) is 5.91 Å². The summed E-state index contributed by atoms with van der Waals surface area (Å²) in [6.07, 6.45) is 0.590. The molecule has 1 amide bonds. The molecule has 0 bridgehead atoms. The van der Waals surface area contributed by atoms with Crippen LogP contribution in [0.4, 0.5) is 0 Å². The molecule has 2 aromatic rings. The molecule has 1 N–H and O–H groups in total. The lowest BCUT2D eigenvalue weighted by atomic mass is 10.1. The van der Waals surface area contributed by atoms with Gasteiger partial charge in [0.1, 0.15) is 0 Å². The van der Waals surface area contributed by atoms with Crippen molar-refractivity contribution in [2.75, 3.05) is 0 Å². The molecule has 2 heterocycles. The normalized spacial score (nSPS) is 11.2. The van der Waals surface area contributed by atoms with Crippen LogP contribution in [0.15, 0.2) is 21.7 Å². The summed E-state index contributed by atoms with van der Waals surface area (Å²) in [5.41, 5.74) is 0. The monoisotopic (exact) mass is 271 g/mol. The van der Waals surface area contributed by atoms with Crippen molar-refractivity contribution in [1.82, 2.24) is 4.72 Å². The summed E-state index contributed by atoms with van der Waals surface area (Å²) in [6, 6.07) is 4.25. The van der Waals surface area contributed by atoms with Gasteiger partial charge in [-0.2, -0.15) is 0 Å². The summed E-state index contributed by atoms with van der Waals surface area (Å²) in [7, 11) is 0. The lowest BCUT2D eigenvalue weighted by molar-refractivity contribution is -0.119. The van der Waals surface area contributed by atoms with Gasteiger partial charge in [0.25, 0.3) is 0 Å². The zero-order chi connectivity index (χ0) is 11.5. The zero-order valence-electron chi connectivity index (χ0n) is 9.15. The second kappa shape index (κ2) is 5.21. The molecular formula is C11H13NOS3. The Kier molecular flexibility index (Phi) is 3.89. The first kappa shape index (κ1) is 12.0. The molecule has 0 aromatic carbocycles. The van der Waals surface area contributed by atoms with E-state index in [9.17, 15) is 4.79 Å². The van der Waals surface area contributed by atoms with Gasteiger partial charge in [0.05, 0.1) is 4.21 Å². The van der Waals surface area contributed by atoms with Crippen molar-refractivity contribution in [3.05, 3.63) is 17.5 Å². The first-order valence-electron chi connectivity index (χ1n) is 5.08. The number of carbonyl (C=O) groups excluding carboxylic acids is 1. The Morgan fingerprint density at radius 3 is 3.00 bits per heavy atom. The predicted molar refractivity (Wildman–Crippen MR) is 73.2 cm³/mol. The van der Waals surface area contributed by atoms with E-state index in [0.717, 1.165) is 4.21 Å². The zero-order valence-corrected chi connectivity index (χ0v) is 11.6. The summed E-state index contributed by atoms with van der Waals surface area (Å²) in [5.74, 6) is 0.518. The van der Waals surface area contributed by atoms with Crippen LogP contribution < -0.4 is 4.72 Å². The molecule has 0 aliphatic carbocycles. The van der Waals surface area contributed by atoms with Gasteiger partial charge in [-0.1, -0.05) is 13.8 Å². The van der Waals surface area contributed by atoms with Crippen LogP contribution >= 0.6 is 34.6 Å². The van der Waals surface area contributed by atoms with Crippen molar-refractivity contribution in [2.45, 2.75) is 24.5 Å². The van der Waals surface area contributed by atoms with Gasteiger partial charge in [-0.15, -0.1) is 22.7 Å². The third-order valence-electron chi connectivity index (χ3n) is 1.98. The minimum atomic E-state index is 0.108. The summed E-state index contributed by atoms with van der Waals surface area (Å²) in [6.45, 7) is 4.09. The number of fused-ring (bicyclic) bond motifs is 1. The Morgan fingerprint density at radius 1 is 1.50 bits per heavy atom. The second-order valence-electron chi connectivity index (χ2n) is 3.94. The van der Waals surface area contributed by atoms with Crippen LogP contribution in [0.25, 0.3) is 9.40 Å². The number of amides is 1. The average molecular weight is 271 g/mol. The summed E-state index contributed by atoms with van der Waals surface area (Å²) < 4.78 is 6.62. The van der Waals surface area contributed by atoms with Gasteiger partial charge < -0.3 is 0 Å². The van der Waals surface area contributed by atoms with E-state index in [4.69, 9.17) is 0 Å². The van der Waals surface area contributed by atoms with Crippen LogP contribution in [0.5, 0.6) is 0 Å². The van der Waals surface area contributed by atoms with Crippen LogP contribution in [0.3, 0.4) is 0 Å². The minimum absolute atomic E-state index is 0.108. The third-order valence-corrected chi connectivity index (χ3v) is 5.01. The van der Waals surface area contributed by atoms with Crippen LogP contribution in [-0.2, 0) is 4.79 Å². The van der Waals surface area contributed by atoms with Crippen molar-refractivity contribution < 1.29 is 4.79 Å². The van der Waals surface area contributed by atoms with E-state index in [0.29, 0.717) is 12.3 Å². The topological polar surface area (TPSA) is 29.1 Å². The summed E-state index contributed by atoms with van der Waals surface area (Å²) in [5, 5.41) is 2.09. The molecule has 2 nitrogen and oxygen atoms in total. The van der Waals surface area contributed by atoms with E-state index in [1.165, 1.54) is 21.3 Å². The lowest BCUT2D eigenvalue weighted by Crippen LogP contribution is -2.16. The van der Waals surface area contributed by atoms with Gasteiger partial charge in [0.2, 0.25) is 5.91 Å². The summed E-state index contributed by atoms with van der Waals surface area (Å²) in [4.78, 5) is 11.5. The molecule has 5 heteroatoms. The van der Waals surface area contributed by atoms with Gasteiger partial charge in [-0.25, -0.2) is 0 Å². The van der Waals surface area contributed by atoms with Crippen molar-refractivity contribution in [1.29, 1.82) is 0 Å². The molecule has 2 rings (SSSR count). The molecule has 0 aliphatic heterocycles. The second-order valence-corrected chi connectivity index (χ2v) is 7.08. The highest BCUT2D eigenvalue weighted by molar-refractivity contribution is 8.00. The number of hydrogen-bond donors (Lipinski definition) is 1. The van der Waals surface area contributed by atoms with Crippen molar-refractivity contribution >= 4 is 49.9 Å². The number of nitrogens with one attached hydrogen (secondary N) is 1. The maximum absolute atomic E-state index is 11.5.